The highest BCUT2D eigenvalue weighted by atomic mass is 16.5. The predicted octanol–water partition coefficient (Wildman–Crippen LogP) is 1.76. The van der Waals surface area contributed by atoms with Gasteiger partial charge in [-0.3, -0.25) is 9.78 Å². The van der Waals surface area contributed by atoms with Gasteiger partial charge >= 0.3 is 0 Å². The molecule has 2 atom stereocenters. The quantitative estimate of drug-likeness (QED) is 0.891. The Bertz CT molecular complexity index is 721. The first kappa shape index (κ1) is 17.2. The molecule has 7 heteroatoms. The van der Waals surface area contributed by atoms with Gasteiger partial charge in [0.15, 0.2) is 0 Å². The number of methoxy groups -OCH3 is 1. The van der Waals surface area contributed by atoms with Gasteiger partial charge in [-0.25, -0.2) is 4.98 Å². The van der Waals surface area contributed by atoms with Gasteiger partial charge in [0.25, 0.3) is 5.91 Å². The minimum atomic E-state index is -0.248. The number of nitrogens with zero attached hydrogens (tertiary/aromatic N) is 2. The van der Waals surface area contributed by atoms with Crippen LogP contribution >= 0.6 is 0 Å². The molecule has 1 amide bonds. The van der Waals surface area contributed by atoms with Crippen LogP contribution in [0.5, 0.6) is 11.6 Å². The van der Waals surface area contributed by atoms with E-state index in [0.29, 0.717) is 36.8 Å². The van der Waals surface area contributed by atoms with E-state index in [4.69, 9.17) is 14.2 Å². The third kappa shape index (κ3) is 4.45. The van der Waals surface area contributed by atoms with Crippen LogP contribution in [0.4, 0.5) is 0 Å². The largest absolute Gasteiger partial charge is 0.486 e. The first-order valence-corrected chi connectivity index (χ1v) is 8.13. The van der Waals surface area contributed by atoms with Crippen LogP contribution in [-0.2, 0) is 4.74 Å². The normalized spacial score (nSPS) is 19.9. The van der Waals surface area contributed by atoms with Gasteiger partial charge in [0.2, 0.25) is 5.88 Å². The molecule has 25 heavy (non-hydrogen) atoms. The molecular formula is C18H21N3O4. The Labute approximate surface area is 146 Å². The Kier molecular flexibility index (Phi) is 5.45. The summed E-state index contributed by atoms with van der Waals surface area (Å²) in [7, 11) is 1.51. The van der Waals surface area contributed by atoms with Gasteiger partial charge in [0.05, 0.1) is 32.6 Å². The molecule has 1 saturated heterocycles. The third-order valence-corrected chi connectivity index (χ3v) is 3.99. The summed E-state index contributed by atoms with van der Waals surface area (Å²) in [5, 5.41) is 2.98. The first-order valence-electron chi connectivity index (χ1n) is 8.13. The van der Waals surface area contributed by atoms with Crippen molar-refractivity contribution < 1.29 is 19.0 Å². The SMILES string of the molecule is COc1cc(C(=O)N[C@H]2COCC[C@H]2Oc2ccc(C)nc2)ccn1. The van der Waals surface area contributed by atoms with E-state index < -0.39 is 0 Å². The second kappa shape index (κ2) is 7.94. The molecular weight excluding hydrogens is 322 g/mol. The van der Waals surface area contributed by atoms with E-state index >= 15 is 0 Å². The number of pyridine rings is 2. The number of carbonyl (C=O) groups excluding carboxylic acids is 1. The van der Waals surface area contributed by atoms with Gasteiger partial charge in [-0.2, -0.15) is 0 Å². The molecule has 3 heterocycles. The fraction of sp³-hybridized carbons (Fsp3) is 0.389. The van der Waals surface area contributed by atoms with E-state index in [0.717, 1.165) is 5.69 Å². The molecule has 0 saturated carbocycles. The van der Waals surface area contributed by atoms with Crippen molar-refractivity contribution in [3.8, 4) is 11.6 Å². The molecule has 0 radical (unpaired) electrons. The number of carbonyl (C=O) groups is 1. The van der Waals surface area contributed by atoms with E-state index in [2.05, 4.69) is 15.3 Å². The molecule has 2 aromatic rings. The number of aryl methyl sites for hydroxylation is 1. The first-order chi connectivity index (χ1) is 12.2. The van der Waals surface area contributed by atoms with E-state index in [1.165, 1.54) is 13.3 Å². The number of rotatable bonds is 5. The molecule has 0 spiro atoms. The Morgan fingerprint density at radius 3 is 2.96 bits per heavy atom. The summed E-state index contributed by atoms with van der Waals surface area (Å²) >= 11 is 0. The maximum Gasteiger partial charge on any atom is 0.251 e. The summed E-state index contributed by atoms with van der Waals surface area (Å²) in [4.78, 5) is 20.7. The lowest BCUT2D eigenvalue weighted by atomic mass is 10.1. The van der Waals surface area contributed by atoms with E-state index in [1.807, 2.05) is 19.1 Å². The highest BCUT2D eigenvalue weighted by molar-refractivity contribution is 5.94. The van der Waals surface area contributed by atoms with Gasteiger partial charge in [-0.05, 0) is 25.1 Å². The van der Waals surface area contributed by atoms with E-state index in [1.54, 1.807) is 18.3 Å². The van der Waals surface area contributed by atoms with E-state index in [-0.39, 0.29) is 18.1 Å². The summed E-state index contributed by atoms with van der Waals surface area (Å²) in [6.45, 7) is 2.92. The Morgan fingerprint density at radius 1 is 1.32 bits per heavy atom. The van der Waals surface area contributed by atoms with Crippen LogP contribution in [0, 0.1) is 6.92 Å². The molecule has 0 aromatic carbocycles. The minimum Gasteiger partial charge on any atom is -0.486 e. The molecule has 7 nitrogen and oxygen atoms in total. The number of amides is 1. The maximum absolute atomic E-state index is 12.5. The van der Waals surface area contributed by atoms with Crippen molar-refractivity contribution >= 4 is 5.91 Å². The number of aromatic nitrogens is 2. The highest BCUT2D eigenvalue weighted by Crippen LogP contribution is 2.18. The lowest BCUT2D eigenvalue weighted by molar-refractivity contribution is -0.00301. The number of hydrogen-bond donors (Lipinski definition) is 1. The molecule has 1 aliphatic heterocycles. The average Bonchev–Trinajstić information content (AvgIpc) is 2.65. The van der Waals surface area contributed by atoms with Gasteiger partial charge in [0.1, 0.15) is 11.9 Å². The van der Waals surface area contributed by atoms with Crippen molar-refractivity contribution in [2.24, 2.45) is 0 Å². The molecule has 0 aliphatic carbocycles. The van der Waals surface area contributed by atoms with Gasteiger partial charge in [-0.15, -0.1) is 0 Å². The number of hydrogen-bond acceptors (Lipinski definition) is 6. The Morgan fingerprint density at radius 2 is 2.20 bits per heavy atom. The lowest BCUT2D eigenvalue weighted by Crippen LogP contribution is -2.51. The molecule has 2 aromatic heterocycles. The number of ether oxygens (including phenoxy) is 3. The van der Waals surface area contributed by atoms with Crippen LogP contribution in [-0.4, -0.2) is 48.3 Å². The third-order valence-electron chi connectivity index (χ3n) is 3.99. The maximum atomic E-state index is 12.5. The van der Waals surface area contributed by atoms with Crippen molar-refractivity contribution in [3.05, 3.63) is 47.9 Å². The van der Waals surface area contributed by atoms with Crippen LogP contribution in [0.3, 0.4) is 0 Å². The van der Waals surface area contributed by atoms with Crippen LogP contribution in [0.25, 0.3) is 0 Å². The summed E-state index contributed by atoms with van der Waals surface area (Å²) < 4.78 is 16.6. The Hall–Kier alpha value is -2.67. The van der Waals surface area contributed by atoms with E-state index in [9.17, 15) is 4.79 Å². The zero-order chi connectivity index (χ0) is 17.6. The predicted molar refractivity (Wildman–Crippen MR) is 90.9 cm³/mol. The Balaban J connectivity index is 1.67. The van der Waals surface area contributed by atoms with Gasteiger partial charge < -0.3 is 19.5 Å². The fourth-order valence-electron chi connectivity index (χ4n) is 2.61. The topological polar surface area (TPSA) is 82.6 Å². The minimum absolute atomic E-state index is 0.175. The monoisotopic (exact) mass is 343 g/mol. The lowest BCUT2D eigenvalue weighted by Gasteiger charge is -2.32. The summed E-state index contributed by atoms with van der Waals surface area (Å²) in [6.07, 6.45) is 3.75. The summed E-state index contributed by atoms with van der Waals surface area (Å²) in [5.41, 5.74) is 1.41. The average molecular weight is 343 g/mol. The van der Waals surface area contributed by atoms with Crippen molar-refractivity contribution in [2.45, 2.75) is 25.5 Å². The smallest absolute Gasteiger partial charge is 0.251 e. The van der Waals surface area contributed by atoms with Crippen LogP contribution < -0.4 is 14.8 Å². The van der Waals surface area contributed by atoms with Crippen molar-refractivity contribution in [3.63, 3.8) is 0 Å². The van der Waals surface area contributed by atoms with Crippen molar-refractivity contribution in [2.75, 3.05) is 20.3 Å². The molecule has 3 rings (SSSR count). The van der Waals surface area contributed by atoms with Crippen molar-refractivity contribution in [1.82, 2.24) is 15.3 Å². The summed E-state index contributed by atoms with van der Waals surface area (Å²) in [6, 6.07) is 6.76. The molecule has 0 unspecified atom stereocenters. The zero-order valence-electron chi connectivity index (χ0n) is 14.3. The highest BCUT2D eigenvalue weighted by Gasteiger charge is 2.29. The molecule has 1 fully saturated rings. The second-order valence-electron chi connectivity index (χ2n) is 5.82. The second-order valence-corrected chi connectivity index (χ2v) is 5.82. The number of nitrogens with one attached hydrogen (secondary N) is 1. The van der Waals surface area contributed by atoms with Gasteiger partial charge in [-0.1, -0.05) is 0 Å². The summed E-state index contributed by atoms with van der Waals surface area (Å²) in [5.74, 6) is 0.861. The fourth-order valence-corrected chi connectivity index (χ4v) is 2.61. The standard InChI is InChI=1S/C18H21N3O4/c1-12-3-4-14(10-20-12)25-16-6-8-24-11-15(16)21-18(22)13-5-7-19-17(9-13)23-2/h3-5,7,9-10,15-16H,6,8,11H2,1-2H3,(H,21,22)/t15-,16+/m0/s1. The van der Waals surface area contributed by atoms with Crippen LogP contribution in [0.1, 0.15) is 22.5 Å². The van der Waals surface area contributed by atoms with Crippen LogP contribution in [0.2, 0.25) is 0 Å². The zero-order valence-corrected chi connectivity index (χ0v) is 14.3. The molecule has 1 N–H and O–H groups in total. The molecule has 1 aliphatic rings. The van der Waals surface area contributed by atoms with Crippen LogP contribution in [0.15, 0.2) is 36.7 Å². The van der Waals surface area contributed by atoms with Crippen molar-refractivity contribution in [1.29, 1.82) is 0 Å². The van der Waals surface area contributed by atoms with Gasteiger partial charge in [0, 0.05) is 29.9 Å². The molecule has 0 bridgehead atoms. The molecule has 132 valence electrons.